The molecule has 0 amide bonds. The molecular formula is C16H15FN2O2. The Morgan fingerprint density at radius 2 is 1.81 bits per heavy atom. The smallest absolute Gasteiger partial charge is 0.135 e. The summed E-state index contributed by atoms with van der Waals surface area (Å²) in [6, 6.07) is 13.5. The maximum absolute atomic E-state index is 13.7. The molecule has 4 nitrogen and oxygen atoms in total. The zero-order chi connectivity index (χ0) is 14.8. The molecule has 21 heavy (non-hydrogen) atoms. The van der Waals surface area contributed by atoms with Gasteiger partial charge < -0.3 is 14.8 Å². The van der Waals surface area contributed by atoms with E-state index in [1.54, 1.807) is 22.8 Å². The molecule has 0 aliphatic heterocycles. The highest BCUT2D eigenvalue weighted by atomic mass is 19.1. The van der Waals surface area contributed by atoms with Crippen LogP contribution in [-0.2, 0) is 13.2 Å². The molecule has 0 aliphatic rings. The Hall–Kier alpha value is -2.24. The standard InChI is InChI=1S/C16H15FN2O2/c17-12-6-2-1-5-11(12)15(21)9-19-14-8-4-3-7-13(14)18-16(19)10-20/h1-8,15,20-21H,9-10H2. The Kier molecular flexibility index (Phi) is 3.68. The number of aliphatic hydroxyl groups is 2. The van der Waals surface area contributed by atoms with Crippen molar-refractivity contribution in [3.05, 3.63) is 65.7 Å². The number of imidazole rings is 1. The minimum atomic E-state index is -1.01. The van der Waals surface area contributed by atoms with Crippen molar-refractivity contribution in [1.82, 2.24) is 9.55 Å². The number of aliphatic hydroxyl groups excluding tert-OH is 2. The molecule has 0 bridgehead atoms. The summed E-state index contributed by atoms with van der Waals surface area (Å²) in [5.74, 6) is 0.00607. The molecule has 3 aromatic rings. The van der Waals surface area contributed by atoms with Gasteiger partial charge in [-0.05, 0) is 18.2 Å². The second-order valence-electron chi connectivity index (χ2n) is 4.82. The Labute approximate surface area is 121 Å². The molecule has 1 heterocycles. The van der Waals surface area contributed by atoms with Gasteiger partial charge in [0.05, 0.1) is 23.7 Å². The fraction of sp³-hybridized carbons (Fsp3) is 0.188. The van der Waals surface area contributed by atoms with Crippen LogP contribution in [0.3, 0.4) is 0 Å². The van der Waals surface area contributed by atoms with Gasteiger partial charge in [0.1, 0.15) is 18.2 Å². The summed E-state index contributed by atoms with van der Waals surface area (Å²) in [5, 5.41) is 19.7. The quantitative estimate of drug-likeness (QED) is 0.774. The third-order valence-corrected chi connectivity index (χ3v) is 3.49. The summed E-state index contributed by atoms with van der Waals surface area (Å²) >= 11 is 0. The third-order valence-electron chi connectivity index (χ3n) is 3.49. The third kappa shape index (κ3) is 2.53. The van der Waals surface area contributed by atoms with E-state index in [9.17, 15) is 14.6 Å². The lowest BCUT2D eigenvalue weighted by Crippen LogP contribution is -2.12. The second kappa shape index (κ2) is 5.63. The lowest BCUT2D eigenvalue weighted by Gasteiger charge is -2.15. The van der Waals surface area contributed by atoms with E-state index >= 15 is 0 Å². The number of rotatable bonds is 4. The number of hydrogen-bond donors (Lipinski definition) is 2. The summed E-state index contributed by atoms with van der Waals surface area (Å²) in [7, 11) is 0. The van der Waals surface area contributed by atoms with Gasteiger partial charge in [0.2, 0.25) is 0 Å². The highest BCUT2D eigenvalue weighted by molar-refractivity contribution is 5.75. The van der Waals surface area contributed by atoms with Crippen molar-refractivity contribution >= 4 is 11.0 Å². The van der Waals surface area contributed by atoms with Crippen LogP contribution in [0, 0.1) is 5.82 Å². The highest BCUT2D eigenvalue weighted by Gasteiger charge is 2.17. The Bertz CT molecular complexity index is 770. The highest BCUT2D eigenvalue weighted by Crippen LogP contribution is 2.23. The van der Waals surface area contributed by atoms with E-state index < -0.39 is 11.9 Å². The lowest BCUT2D eigenvalue weighted by atomic mass is 10.1. The minimum absolute atomic E-state index is 0.136. The largest absolute Gasteiger partial charge is 0.388 e. The van der Waals surface area contributed by atoms with Gasteiger partial charge in [-0.2, -0.15) is 0 Å². The van der Waals surface area contributed by atoms with Crippen molar-refractivity contribution in [2.24, 2.45) is 0 Å². The van der Waals surface area contributed by atoms with Crippen LogP contribution in [0.25, 0.3) is 11.0 Å². The predicted molar refractivity (Wildman–Crippen MR) is 77.0 cm³/mol. The van der Waals surface area contributed by atoms with Gasteiger partial charge in [-0.3, -0.25) is 0 Å². The molecule has 3 rings (SSSR count). The van der Waals surface area contributed by atoms with Gasteiger partial charge in [0.15, 0.2) is 0 Å². The molecule has 2 aromatic carbocycles. The molecule has 1 atom stereocenters. The molecule has 5 heteroatoms. The second-order valence-corrected chi connectivity index (χ2v) is 4.82. The van der Waals surface area contributed by atoms with Crippen molar-refractivity contribution < 1.29 is 14.6 Å². The van der Waals surface area contributed by atoms with Crippen molar-refractivity contribution in [2.75, 3.05) is 0 Å². The molecule has 1 unspecified atom stereocenters. The van der Waals surface area contributed by atoms with Crippen LogP contribution in [0.4, 0.5) is 4.39 Å². The lowest BCUT2D eigenvalue weighted by molar-refractivity contribution is 0.149. The van der Waals surface area contributed by atoms with Gasteiger partial charge in [0, 0.05) is 5.56 Å². The zero-order valence-corrected chi connectivity index (χ0v) is 11.3. The molecule has 0 saturated heterocycles. The van der Waals surface area contributed by atoms with E-state index in [2.05, 4.69) is 4.98 Å². The number of aromatic nitrogens is 2. The maximum Gasteiger partial charge on any atom is 0.135 e. The zero-order valence-electron chi connectivity index (χ0n) is 11.3. The van der Waals surface area contributed by atoms with E-state index in [1.807, 2.05) is 24.3 Å². The molecular weight excluding hydrogens is 271 g/mol. The molecule has 0 spiro atoms. The average molecular weight is 286 g/mol. The summed E-state index contributed by atoms with van der Waals surface area (Å²) in [6.45, 7) is -0.101. The predicted octanol–water partition coefficient (Wildman–Crippen LogP) is 2.40. The number of benzene rings is 2. The molecule has 108 valence electrons. The van der Waals surface area contributed by atoms with Crippen LogP contribution in [0.2, 0.25) is 0 Å². The first-order valence-corrected chi connectivity index (χ1v) is 6.68. The topological polar surface area (TPSA) is 58.3 Å². The molecule has 0 fully saturated rings. The summed E-state index contributed by atoms with van der Waals surface area (Å²) in [4.78, 5) is 4.31. The number of halogens is 1. The first-order chi connectivity index (χ1) is 10.2. The minimum Gasteiger partial charge on any atom is -0.388 e. The number of fused-ring (bicyclic) bond motifs is 1. The van der Waals surface area contributed by atoms with Crippen molar-refractivity contribution in [3.63, 3.8) is 0 Å². The number of para-hydroxylation sites is 2. The van der Waals surface area contributed by atoms with E-state index in [1.165, 1.54) is 6.07 Å². The molecule has 2 N–H and O–H groups in total. The first-order valence-electron chi connectivity index (χ1n) is 6.68. The average Bonchev–Trinajstić information content (AvgIpc) is 2.86. The van der Waals surface area contributed by atoms with E-state index in [4.69, 9.17) is 0 Å². The summed E-state index contributed by atoms with van der Waals surface area (Å²) in [6.07, 6.45) is -1.01. The Morgan fingerprint density at radius 3 is 2.57 bits per heavy atom. The summed E-state index contributed by atoms with van der Waals surface area (Å²) < 4.78 is 15.4. The van der Waals surface area contributed by atoms with Gasteiger partial charge in [-0.15, -0.1) is 0 Å². The van der Waals surface area contributed by atoms with Gasteiger partial charge in [-0.1, -0.05) is 30.3 Å². The Morgan fingerprint density at radius 1 is 1.10 bits per heavy atom. The molecule has 0 radical (unpaired) electrons. The van der Waals surface area contributed by atoms with Crippen LogP contribution in [0.15, 0.2) is 48.5 Å². The van der Waals surface area contributed by atoms with Crippen molar-refractivity contribution in [2.45, 2.75) is 19.3 Å². The van der Waals surface area contributed by atoms with Crippen LogP contribution < -0.4 is 0 Å². The van der Waals surface area contributed by atoms with Gasteiger partial charge in [-0.25, -0.2) is 9.37 Å². The van der Waals surface area contributed by atoms with Crippen LogP contribution >= 0.6 is 0 Å². The van der Waals surface area contributed by atoms with Crippen LogP contribution in [0.5, 0.6) is 0 Å². The first kappa shape index (κ1) is 13.7. The van der Waals surface area contributed by atoms with E-state index in [-0.39, 0.29) is 18.7 Å². The monoisotopic (exact) mass is 286 g/mol. The SMILES string of the molecule is OCc1nc2ccccc2n1CC(O)c1ccccc1F. The van der Waals surface area contributed by atoms with Gasteiger partial charge in [0.25, 0.3) is 0 Å². The number of nitrogens with zero attached hydrogens (tertiary/aromatic N) is 2. The molecule has 1 aromatic heterocycles. The van der Waals surface area contributed by atoms with Crippen LogP contribution in [0.1, 0.15) is 17.5 Å². The van der Waals surface area contributed by atoms with Gasteiger partial charge >= 0.3 is 0 Å². The van der Waals surface area contributed by atoms with E-state index in [0.29, 0.717) is 5.82 Å². The maximum atomic E-state index is 13.7. The fourth-order valence-corrected chi connectivity index (χ4v) is 2.47. The van der Waals surface area contributed by atoms with Crippen molar-refractivity contribution in [3.8, 4) is 0 Å². The Balaban J connectivity index is 1.99. The number of hydrogen-bond acceptors (Lipinski definition) is 3. The van der Waals surface area contributed by atoms with E-state index in [0.717, 1.165) is 11.0 Å². The normalized spacial score (nSPS) is 12.7. The van der Waals surface area contributed by atoms with Crippen molar-refractivity contribution in [1.29, 1.82) is 0 Å². The van der Waals surface area contributed by atoms with Crippen LogP contribution in [-0.4, -0.2) is 19.8 Å². The molecule has 0 aliphatic carbocycles. The fourth-order valence-electron chi connectivity index (χ4n) is 2.47. The molecule has 0 saturated carbocycles. The summed E-state index contributed by atoms with van der Waals surface area (Å²) in [5.41, 5.74) is 1.78.